The second-order valence-corrected chi connectivity index (χ2v) is 6.00. The number of benzene rings is 2. The van der Waals surface area contributed by atoms with E-state index in [1.165, 1.54) is 11.8 Å². The van der Waals surface area contributed by atoms with E-state index in [9.17, 15) is 14.4 Å². The van der Waals surface area contributed by atoms with Crippen molar-refractivity contribution in [1.29, 1.82) is 0 Å². The molecular formula is C20H22N2O4. The largest absolute Gasteiger partial charge is 0.480 e. The van der Waals surface area contributed by atoms with Crippen molar-refractivity contribution in [3.05, 3.63) is 71.8 Å². The molecule has 1 unspecified atom stereocenters. The average Bonchev–Trinajstić information content (AvgIpc) is 2.61. The third-order valence-electron chi connectivity index (χ3n) is 3.85. The number of carboxylic acid groups (broad SMARTS) is 1. The Morgan fingerprint density at radius 1 is 1.00 bits per heavy atom. The minimum absolute atomic E-state index is 0.0102. The fourth-order valence-electron chi connectivity index (χ4n) is 2.69. The number of carbonyl (C=O) groups excluding carboxylic acids is 2. The number of carboxylic acids is 1. The lowest BCUT2D eigenvalue weighted by Gasteiger charge is -2.24. The van der Waals surface area contributed by atoms with E-state index >= 15 is 0 Å². The quantitative estimate of drug-likeness (QED) is 0.762. The minimum atomic E-state index is -1.08. The summed E-state index contributed by atoms with van der Waals surface area (Å²) >= 11 is 0. The molecular weight excluding hydrogens is 332 g/mol. The topological polar surface area (TPSA) is 86.7 Å². The summed E-state index contributed by atoms with van der Waals surface area (Å²) in [4.78, 5) is 36.7. The molecule has 0 saturated carbocycles. The second kappa shape index (κ2) is 9.36. The number of hydrogen-bond acceptors (Lipinski definition) is 3. The van der Waals surface area contributed by atoms with Crippen molar-refractivity contribution < 1.29 is 19.5 Å². The number of nitrogens with one attached hydrogen (secondary N) is 1. The van der Waals surface area contributed by atoms with Crippen molar-refractivity contribution >= 4 is 17.8 Å². The Morgan fingerprint density at radius 3 is 2.12 bits per heavy atom. The molecule has 2 aromatic carbocycles. The van der Waals surface area contributed by atoms with Crippen molar-refractivity contribution in [3.8, 4) is 0 Å². The molecule has 0 spiro atoms. The van der Waals surface area contributed by atoms with E-state index in [0.29, 0.717) is 0 Å². The Hall–Kier alpha value is -3.15. The van der Waals surface area contributed by atoms with Gasteiger partial charge in [0.25, 0.3) is 0 Å². The minimum Gasteiger partial charge on any atom is -0.480 e. The van der Waals surface area contributed by atoms with E-state index in [4.69, 9.17) is 5.11 Å². The van der Waals surface area contributed by atoms with Gasteiger partial charge in [0, 0.05) is 13.5 Å². The van der Waals surface area contributed by atoms with Crippen LogP contribution in [0.4, 0.5) is 0 Å². The molecule has 0 fully saturated rings. The Balaban J connectivity index is 2.16. The second-order valence-electron chi connectivity index (χ2n) is 6.00. The summed E-state index contributed by atoms with van der Waals surface area (Å²) in [5.74, 6) is -1.66. The Morgan fingerprint density at radius 2 is 1.58 bits per heavy atom. The standard InChI is InChI=1S/C20H22N2O4/c1-15(23)21-18(17-10-6-3-7-11-17)12-19(24)22(14-20(25)26)13-16-8-4-2-5-9-16/h2-11,18H,12-14H2,1H3,(H,21,23)(H,25,26). The van der Waals surface area contributed by atoms with Crippen molar-refractivity contribution in [1.82, 2.24) is 10.2 Å². The first-order valence-corrected chi connectivity index (χ1v) is 8.31. The normalized spacial score (nSPS) is 11.4. The summed E-state index contributed by atoms with van der Waals surface area (Å²) in [6.07, 6.45) is -0.0102. The third-order valence-corrected chi connectivity index (χ3v) is 3.85. The number of nitrogens with zero attached hydrogens (tertiary/aromatic N) is 1. The first-order chi connectivity index (χ1) is 12.5. The lowest BCUT2D eigenvalue weighted by atomic mass is 10.0. The molecule has 26 heavy (non-hydrogen) atoms. The van der Waals surface area contributed by atoms with Gasteiger partial charge in [-0.15, -0.1) is 0 Å². The average molecular weight is 354 g/mol. The molecule has 2 aromatic rings. The van der Waals surface area contributed by atoms with Crippen molar-refractivity contribution in [3.63, 3.8) is 0 Å². The molecule has 2 rings (SSSR count). The fourth-order valence-corrected chi connectivity index (χ4v) is 2.69. The first kappa shape index (κ1) is 19.2. The SMILES string of the molecule is CC(=O)NC(CC(=O)N(CC(=O)O)Cc1ccccc1)c1ccccc1. The van der Waals surface area contributed by atoms with Crippen LogP contribution in [-0.4, -0.2) is 34.3 Å². The van der Waals surface area contributed by atoms with E-state index in [2.05, 4.69) is 5.32 Å². The van der Waals surface area contributed by atoms with Crippen LogP contribution in [0.15, 0.2) is 60.7 Å². The summed E-state index contributed by atoms with van der Waals surface area (Å²) in [7, 11) is 0. The first-order valence-electron chi connectivity index (χ1n) is 8.31. The van der Waals surface area contributed by atoms with Gasteiger partial charge in [-0.2, -0.15) is 0 Å². The predicted octanol–water partition coefficient (Wildman–Crippen LogP) is 2.37. The van der Waals surface area contributed by atoms with Gasteiger partial charge in [0.1, 0.15) is 6.54 Å². The highest BCUT2D eigenvalue weighted by molar-refractivity contribution is 5.82. The van der Waals surface area contributed by atoms with Gasteiger partial charge in [0.05, 0.1) is 12.5 Å². The summed E-state index contributed by atoms with van der Waals surface area (Å²) in [5, 5.41) is 11.9. The Kier molecular flexibility index (Phi) is 6.91. The molecule has 6 nitrogen and oxygen atoms in total. The summed E-state index contributed by atoms with van der Waals surface area (Å²) < 4.78 is 0. The van der Waals surface area contributed by atoms with Gasteiger partial charge in [-0.1, -0.05) is 60.7 Å². The van der Waals surface area contributed by atoms with E-state index in [1.807, 2.05) is 60.7 Å². The molecule has 0 heterocycles. The van der Waals surface area contributed by atoms with Crippen LogP contribution in [0.2, 0.25) is 0 Å². The highest BCUT2D eigenvalue weighted by Gasteiger charge is 2.23. The predicted molar refractivity (Wildman–Crippen MR) is 97.1 cm³/mol. The fraction of sp³-hybridized carbons (Fsp3) is 0.250. The van der Waals surface area contributed by atoms with Crippen LogP contribution in [-0.2, 0) is 20.9 Å². The van der Waals surface area contributed by atoms with E-state index in [0.717, 1.165) is 11.1 Å². The van der Waals surface area contributed by atoms with Crippen LogP contribution in [0.1, 0.15) is 30.5 Å². The lowest BCUT2D eigenvalue weighted by Crippen LogP contribution is -2.38. The molecule has 0 saturated heterocycles. The van der Waals surface area contributed by atoms with Gasteiger partial charge in [-0.25, -0.2) is 0 Å². The summed E-state index contributed by atoms with van der Waals surface area (Å²) in [6.45, 7) is 1.20. The highest BCUT2D eigenvalue weighted by Crippen LogP contribution is 2.19. The van der Waals surface area contributed by atoms with Gasteiger partial charge in [0.15, 0.2) is 0 Å². The molecule has 1 atom stereocenters. The van der Waals surface area contributed by atoms with Crippen molar-refractivity contribution in [2.45, 2.75) is 25.9 Å². The molecule has 0 radical (unpaired) electrons. The molecule has 0 aliphatic carbocycles. The van der Waals surface area contributed by atoms with Crippen LogP contribution < -0.4 is 5.32 Å². The van der Waals surface area contributed by atoms with Crippen LogP contribution in [0.25, 0.3) is 0 Å². The molecule has 0 bridgehead atoms. The van der Waals surface area contributed by atoms with E-state index in [1.54, 1.807) is 0 Å². The summed E-state index contributed by atoms with van der Waals surface area (Å²) in [6, 6.07) is 17.9. The number of carbonyl (C=O) groups is 3. The maximum Gasteiger partial charge on any atom is 0.323 e. The van der Waals surface area contributed by atoms with Crippen molar-refractivity contribution in [2.24, 2.45) is 0 Å². The van der Waals surface area contributed by atoms with Crippen molar-refractivity contribution in [2.75, 3.05) is 6.54 Å². The maximum atomic E-state index is 12.8. The van der Waals surface area contributed by atoms with Gasteiger partial charge in [-0.3, -0.25) is 14.4 Å². The van der Waals surface area contributed by atoms with Crippen LogP contribution in [0, 0.1) is 0 Å². The maximum absolute atomic E-state index is 12.8. The molecule has 0 aliphatic heterocycles. The lowest BCUT2D eigenvalue weighted by molar-refractivity contribution is -0.145. The monoisotopic (exact) mass is 354 g/mol. The molecule has 2 N–H and O–H groups in total. The van der Waals surface area contributed by atoms with Gasteiger partial charge < -0.3 is 15.3 Å². The van der Waals surface area contributed by atoms with Crippen LogP contribution in [0.3, 0.4) is 0 Å². The highest BCUT2D eigenvalue weighted by atomic mass is 16.4. The molecule has 2 amide bonds. The Bertz CT molecular complexity index is 747. The number of rotatable bonds is 8. The number of amides is 2. The van der Waals surface area contributed by atoms with E-state index < -0.39 is 18.6 Å². The molecule has 0 aliphatic rings. The molecule has 0 aromatic heterocycles. The van der Waals surface area contributed by atoms with Crippen LogP contribution in [0.5, 0.6) is 0 Å². The number of hydrogen-bond donors (Lipinski definition) is 2. The third kappa shape index (κ3) is 6.05. The summed E-state index contributed by atoms with van der Waals surface area (Å²) in [5.41, 5.74) is 1.64. The Labute approximate surface area is 152 Å². The molecule has 6 heteroatoms. The van der Waals surface area contributed by atoms with E-state index in [-0.39, 0.29) is 24.8 Å². The smallest absolute Gasteiger partial charge is 0.323 e. The number of aliphatic carboxylic acids is 1. The zero-order valence-electron chi connectivity index (χ0n) is 14.6. The van der Waals surface area contributed by atoms with Gasteiger partial charge >= 0.3 is 5.97 Å². The zero-order chi connectivity index (χ0) is 18.9. The van der Waals surface area contributed by atoms with Gasteiger partial charge in [-0.05, 0) is 11.1 Å². The zero-order valence-corrected chi connectivity index (χ0v) is 14.6. The van der Waals surface area contributed by atoms with Crippen LogP contribution >= 0.6 is 0 Å². The van der Waals surface area contributed by atoms with Gasteiger partial charge in [0.2, 0.25) is 11.8 Å². The molecule has 136 valence electrons.